The summed E-state index contributed by atoms with van der Waals surface area (Å²) < 4.78 is 1.92. The Labute approximate surface area is 109 Å². The van der Waals surface area contributed by atoms with Gasteiger partial charge in [-0.1, -0.05) is 26.0 Å². The minimum absolute atomic E-state index is 0.582. The summed E-state index contributed by atoms with van der Waals surface area (Å²) in [6, 6.07) is 10.7. The first kappa shape index (κ1) is 12.7. The lowest BCUT2D eigenvalue weighted by atomic mass is 10.0. The average molecular weight is 243 g/mol. The van der Waals surface area contributed by atoms with Crippen LogP contribution in [0.2, 0.25) is 0 Å². The SMILES string of the molecule is Cc1cc(CNc2ccc(C(C)C)cc2)n(C)n1. The summed E-state index contributed by atoms with van der Waals surface area (Å²) in [5, 5.41) is 7.76. The molecule has 0 fully saturated rings. The zero-order valence-corrected chi connectivity index (χ0v) is 11.6. The molecule has 1 aromatic heterocycles. The van der Waals surface area contributed by atoms with E-state index in [9.17, 15) is 0 Å². The molecule has 0 unspecified atom stereocenters. The Morgan fingerprint density at radius 3 is 2.39 bits per heavy atom. The van der Waals surface area contributed by atoms with E-state index in [0.29, 0.717) is 5.92 Å². The van der Waals surface area contributed by atoms with Gasteiger partial charge < -0.3 is 5.32 Å². The van der Waals surface area contributed by atoms with Crippen molar-refractivity contribution in [1.82, 2.24) is 9.78 Å². The quantitative estimate of drug-likeness (QED) is 0.891. The summed E-state index contributed by atoms with van der Waals surface area (Å²) in [7, 11) is 1.98. The van der Waals surface area contributed by atoms with Gasteiger partial charge in [0.1, 0.15) is 0 Å². The smallest absolute Gasteiger partial charge is 0.0597 e. The van der Waals surface area contributed by atoms with Gasteiger partial charge in [-0.25, -0.2) is 0 Å². The summed E-state index contributed by atoms with van der Waals surface area (Å²) >= 11 is 0. The number of aryl methyl sites for hydroxylation is 2. The van der Waals surface area contributed by atoms with E-state index in [1.807, 2.05) is 18.7 Å². The molecule has 1 N–H and O–H groups in total. The van der Waals surface area contributed by atoms with Crippen LogP contribution in [0.1, 0.15) is 36.7 Å². The fourth-order valence-electron chi connectivity index (χ4n) is 2.01. The number of benzene rings is 1. The first-order valence-electron chi connectivity index (χ1n) is 6.39. The van der Waals surface area contributed by atoms with E-state index < -0.39 is 0 Å². The van der Waals surface area contributed by atoms with Gasteiger partial charge in [0.15, 0.2) is 0 Å². The molecule has 1 heterocycles. The molecule has 0 radical (unpaired) electrons. The van der Waals surface area contributed by atoms with Gasteiger partial charge in [0.25, 0.3) is 0 Å². The summed E-state index contributed by atoms with van der Waals surface area (Å²) in [4.78, 5) is 0. The van der Waals surface area contributed by atoms with E-state index >= 15 is 0 Å². The van der Waals surface area contributed by atoms with Crippen molar-refractivity contribution >= 4 is 5.69 Å². The molecule has 0 amide bonds. The van der Waals surface area contributed by atoms with Crippen LogP contribution in [-0.4, -0.2) is 9.78 Å². The Kier molecular flexibility index (Phi) is 3.70. The molecule has 0 aliphatic heterocycles. The molecule has 3 heteroatoms. The molecule has 18 heavy (non-hydrogen) atoms. The monoisotopic (exact) mass is 243 g/mol. The first-order valence-corrected chi connectivity index (χ1v) is 6.39. The van der Waals surface area contributed by atoms with Crippen LogP contribution in [0, 0.1) is 6.92 Å². The van der Waals surface area contributed by atoms with Crippen LogP contribution in [0.3, 0.4) is 0 Å². The molecule has 0 aliphatic rings. The molecular weight excluding hydrogens is 222 g/mol. The molecule has 2 aromatic rings. The van der Waals surface area contributed by atoms with Crippen LogP contribution in [0.5, 0.6) is 0 Å². The minimum atomic E-state index is 0.582. The number of anilines is 1. The molecule has 0 saturated carbocycles. The molecular formula is C15H21N3. The van der Waals surface area contributed by atoms with Gasteiger partial charge in [0, 0.05) is 12.7 Å². The lowest BCUT2D eigenvalue weighted by molar-refractivity contribution is 0.713. The van der Waals surface area contributed by atoms with Gasteiger partial charge in [-0.3, -0.25) is 4.68 Å². The maximum Gasteiger partial charge on any atom is 0.0597 e. The zero-order valence-electron chi connectivity index (χ0n) is 11.6. The number of hydrogen-bond donors (Lipinski definition) is 1. The van der Waals surface area contributed by atoms with E-state index in [1.54, 1.807) is 0 Å². The van der Waals surface area contributed by atoms with Crippen LogP contribution in [0.15, 0.2) is 30.3 Å². The fourth-order valence-corrected chi connectivity index (χ4v) is 2.01. The normalized spacial score (nSPS) is 10.9. The van der Waals surface area contributed by atoms with Crippen LogP contribution in [-0.2, 0) is 13.6 Å². The fraction of sp³-hybridized carbons (Fsp3) is 0.400. The maximum atomic E-state index is 4.34. The molecule has 2 rings (SSSR count). The van der Waals surface area contributed by atoms with Crippen molar-refractivity contribution in [2.45, 2.75) is 33.2 Å². The third-order valence-electron chi connectivity index (χ3n) is 3.15. The highest BCUT2D eigenvalue weighted by Gasteiger charge is 2.02. The lowest BCUT2D eigenvalue weighted by Crippen LogP contribution is -2.05. The Balaban J connectivity index is 2.00. The molecule has 1 aromatic carbocycles. The largest absolute Gasteiger partial charge is 0.379 e. The van der Waals surface area contributed by atoms with Gasteiger partial charge in [0.05, 0.1) is 17.9 Å². The summed E-state index contributed by atoms with van der Waals surface area (Å²) in [5.74, 6) is 0.582. The number of hydrogen-bond acceptors (Lipinski definition) is 2. The van der Waals surface area contributed by atoms with Gasteiger partial charge >= 0.3 is 0 Å². The van der Waals surface area contributed by atoms with Crippen molar-refractivity contribution in [1.29, 1.82) is 0 Å². The zero-order chi connectivity index (χ0) is 13.1. The Morgan fingerprint density at radius 1 is 1.22 bits per heavy atom. The predicted molar refractivity (Wildman–Crippen MR) is 75.8 cm³/mol. The molecule has 96 valence electrons. The van der Waals surface area contributed by atoms with E-state index in [1.165, 1.54) is 11.3 Å². The van der Waals surface area contributed by atoms with Crippen LogP contribution >= 0.6 is 0 Å². The van der Waals surface area contributed by atoms with Crippen molar-refractivity contribution in [2.24, 2.45) is 7.05 Å². The van der Waals surface area contributed by atoms with Crippen molar-refractivity contribution in [3.63, 3.8) is 0 Å². The highest BCUT2D eigenvalue weighted by molar-refractivity contribution is 5.45. The first-order chi connectivity index (χ1) is 8.56. The van der Waals surface area contributed by atoms with E-state index in [4.69, 9.17) is 0 Å². The summed E-state index contributed by atoms with van der Waals surface area (Å²) in [6.07, 6.45) is 0. The topological polar surface area (TPSA) is 29.9 Å². The van der Waals surface area contributed by atoms with E-state index in [0.717, 1.165) is 17.9 Å². The molecule has 0 spiro atoms. The highest BCUT2D eigenvalue weighted by atomic mass is 15.3. The third kappa shape index (κ3) is 2.92. The second-order valence-corrected chi connectivity index (χ2v) is 5.03. The summed E-state index contributed by atoms with van der Waals surface area (Å²) in [5.41, 5.74) is 4.78. The van der Waals surface area contributed by atoms with Crippen LogP contribution < -0.4 is 5.32 Å². The Bertz CT molecular complexity index is 509. The maximum absolute atomic E-state index is 4.34. The van der Waals surface area contributed by atoms with Crippen molar-refractivity contribution < 1.29 is 0 Å². The molecule has 0 atom stereocenters. The predicted octanol–water partition coefficient (Wildman–Crippen LogP) is 3.46. The van der Waals surface area contributed by atoms with Gasteiger partial charge in [-0.05, 0) is 36.6 Å². The van der Waals surface area contributed by atoms with Crippen molar-refractivity contribution in [3.05, 3.63) is 47.3 Å². The van der Waals surface area contributed by atoms with Crippen LogP contribution in [0.4, 0.5) is 5.69 Å². The van der Waals surface area contributed by atoms with Gasteiger partial charge in [0.2, 0.25) is 0 Å². The second-order valence-electron chi connectivity index (χ2n) is 5.03. The van der Waals surface area contributed by atoms with Crippen molar-refractivity contribution in [3.8, 4) is 0 Å². The molecule has 3 nitrogen and oxygen atoms in total. The Hall–Kier alpha value is -1.77. The standard InChI is InChI=1S/C15H21N3/c1-11(2)13-5-7-14(8-6-13)16-10-15-9-12(3)17-18(15)4/h5-9,11,16H,10H2,1-4H3. The van der Waals surface area contributed by atoms with Gasteiger partial charge in [-0.2, -0.15) is 5.10 Å². The van der Waals surface area contributed by atoms with E-state index in [-0.39, 0.29) is 0 Å². The van der Waals surface area contributed by atoms with Crippen molar-refractivity contribution in [2.75, 3.05) is 5.32 Å². The number of rotatable bonds is 4. The summed E-state index contributed by atoms with van der Waals surface area (Å²) in [6.45, 7) is 7.24. The van der Waals surface area contributed by atoms with Gasteiger partial charge in [-0.15, -0.1) is 0 Å². The average Bonchev–Trinajstić information content (AvgIpc) is 2.66. The molecule has 0 bridgehead atoms. The number of aromatic nitrogens is 2. The van der Waals surface area contributed by atoms with Crippen LogP contribution in [0.25, 0.3) is 0 Å². The van der Waals surface area contributed by atoms with E-state index in [2.05, 4.69) is 54.6 Å². The number of nitrogens with one attached hydrogen (secondary N) is 1. The highest BCUT2D eigenvalue weighted by Crippen LogP contribution is 2.17. The lowest BCUT2D eigenvalue weighted by Gasteiger charge is -2.09. The third-order valence-corrected chi connectivity index (χ3v) is 3.15. The Morgan fingerprint density at radius 2 is 1.89 bits per heavy atom. The molecule has 0 saturated heterocycles. The molecule has 0 aliphatic carbocycles. The minimum Gasteiger partial charge on any atom is -0.379 e. The second kappa shape index (κ2) is 5.25. The number of nitrogens with zero attached hydrogens (tertiary/aromatic N) is 2.